The Kier molecular flexibility index (Phi) is 2.72. The van der Waals surface area contributed by atoms with E-state index >= 15 is 0 Å². The Labute approximate surface area is 97.9 Å². The molecule has 16 heavy (non-hydrogen) atoms. The molecule has 2 aromatic rings. The predicted molar refractivity (Wildman–Crippen MR) is 71.3 cm³/mol. The summed E-state index contributed by atoms with van der Waals surface area (Å²) < 4.78 is 2.04. The molecule has 0 aliphatic rings. The molecule has 0 atom stereocenters. The van der Waals surface area contributed by atoms with Gasteiger partial charge < -0.3 is 0 Å². The lowest BCUT2D eigenvalue weighted by Gasteiger charge is -2.11. The van der Waals surface area contributed by atoms with Crippen molar-refractivity contribution in [2.45, 2.75) is 26.6 Å². The molecule has 1 heterocycles. The predicted octanol–water partition coefficient (Wildman–Crippen LogP) is 2.73. The van der Waals surface area contributed by atoms with Gasteiger partial charge in [-0.1, -0.05) is 37.8 Å². The van der Waals surface area contributed by atoms with Crippen molar-refractivity contribution < 1.29 is 0 Å². The van der Waals surface area contributed by atoms with Gasteiger partial charge in [-0.3, -0.25) is 0 Å². The molecule has 84 valence electrons. The highest BCUT2D eigenvalue weighted by Gasteiger charge is 2.21. The fraction of sp³-hybridized carbons (Fsp3) is 0.308. The summed E-state index contributed by atoms with van der Waals surface area (Å²) in [5.74, 6) is 0. The summed E-state index contributed by atoms with van der Waals surface area (Å²) in [5.41, 5.74) is 2.35. The number of aromatic nitrogens is 2. The van der Waals surface area contributed by atoms with Crippen LogP contribution in [-0.4, -0.2) is 17.9 Å². The molecule has 3 heteroatoms. The van der Waals surface area contributed by atoms with Crippen molar-refractivity contribution >= 4 is 13.4 Å². The number of hydrogen-bond donors (Lipinski definition) is 0. The van der Waals surface area contributed by atoms with Crippen LogP contribution in [0.1, 0.15) is 5.69 Å². The van der Waals surface area contributed by atoms with Gasteiger partial charge in [-0.2, -0.15) is 5.10 Å². The van der Waals surface area contributed by atoms with Gasteiger partial charge in [-0.05, 0) is 25.1 Å². The first kappa shape index (κ1) is 11.1. The molecule has 0 aliphatic carbocycles. The van der Waals surface area contributed by atoms with Crippen LogP contribution >= 0.6 is 0 Å². The Morgan fingerprint density at radius 3 is 2.19 bits per heavy atom. The molecule has 0 aliphatic heterocycles. The molecular weight excluding hydrogens is 212 g/mol. The molecule has 2 rings (SSSR count). The minimum Gasteiger partial charge on any atom is -0.238 e. The van der Waals surface area contributed by atoms with E-state index in [1.165, 1.54) is 11.0 Å². The first-order valence-electron chi connectivity index (χ1n) is 5.61. The first-order chi connectivity index (χ1) is 7.48. The summed E-state index contributed by atoms with van der Waals surface area (Å²) in [7, 11) is -1.31. The minimum absolute atomic E-state index is 1.14. The van der Waals surface area contributed by atoms with Crippen LogP contribution in [0.25, 0.3) is 5.69 Å². The van der Waals surface area contributed by atoms with E-state index in [2.05, 4.69) is 44.8 Å². The van der Waals surface area contributed by atoms with Crippen LogP contribution in [-0.2, 0) is 0 Å². The summed E-state index contributed by atoms with van der Waals surface area (Å²) in [6.45, 7) is 9.09. The van der Waals surface area contributed by atoms with Crippen molar-refractivity contribution in [1.82, 2.24) is 9.78 Å². The van der Waals surface area contributed by atoms with Crippen LogP contribution in [0.5, 0.6) is 0 Å². The third kappa shape index (κ3) is 2.09. The molecule has 0 fully saturated rings. The molecule has 0 saturated carbocycles. The van der Waals surface area contributed by atoms with Gasteiger partial charge in [0.1, 0.15) is 8.07 Å². The van der Waals surface area contributed by atoms with Crippen molar-refractivity contribution in [3.8, 4) is 5.69 Å². The highest BCUT2D eigenvalue weighted by molar-refractivity contribution is 6.88. The summed E-state index contributed by atoms with van der Waals surface area (Å²) in [4.78, 5) is 0. The number of nitrogens with zero attached hydrogens (tertiary/aromatic N) is 2. The van der Waals surface area contributed by atoms with Crippen LogP contribution in [0, 0.1) is 6.92 Å². The van der Waals surface area contributed by atoms with Crippen LogP contribution in [0.4, 0.5) is 0 Å². The van der Waals surface area contributed by atoms with Gasteiger partial charge in [-0.15, -0.1) is 0 Å². The molecule has 0 amide bonds. The molecule has 0 spiro atoms. The van der Waals surface area contributed by atoms with E-state index in [1.54, 1.807) is 0 Å². The van der Waals surface area contributed by atoms with Gasteiger partial charge in [0.2, 0.25) is 0 Å². The highest BCUT2D eigenvalue weighted by atomic mass is 28.3. The zero-order valence-electron chi connectivity index (χ0n) is 10.4. The van der Waals surface area contributed by atoms with Crippen LogP contribution < -0.4 is 5.32 Å². The molecule has 1 aromatic carbocycles. The van der Waals surface area contributed by atoms with E-state index in [1.807, 2.05) is 22.9 Å². The number of hydrogen-bond acceptors (Lipinski definition) is 1. The van der Waals surface area contributed by atoms with Crippen molar-refractivity contribution in [1.29, 1.82) is 0 Å². The van der Waals surface area contributed by atoms with Gasteiger partial charge in [0.05, 0.1) is 5.69 Å². The topological polar surface area (TPSA) is 17.8 Å². The second-order valence-electron chi connectivity index (χ2n) is 5.17. The van der Waals surface area contributed by atoms with E-state index < -0.39 is 8.07 Å². The molecule has 0 bridgehead atoms. The molecule has 0 N–H and O–H groups in total. The Hall–Kier alpha value is -1.35. The zero-order chi connectivity index (χ0) is 11.8. The lowest BCUT2D eigenvalue weighted by Crippen LogP contribution is -2.39. The fourth-order valence-electron chi connectivity index (χ4n) is 1.67. The quantitative estimate of drug-likeness (QED) is 0.725. The third-order valence-electron chi connectivity index (χ3n) is 2.66. The maximum Gasteiger partial charge on any atom is 0.104 e. The van der Waals surface area contributed by atoms with Gasteiger partial charge in [0.25, 0.3) is 0 Å². The average Bonchev–Trinajstić information content (AvgIpc) is 2.61. The Morgan fingerprint density at radius 2 is 1.69 bits per heavy atom. The minimum atomic E-state index is -1.31. The smallest absolute Gasteiger partial charge is 0.104 e. The van der Waals surface area contributed by atoms with E-state index in [4.69, 9.17) is 5.10 Å². The van der Waals surface area contributed by atoms with Crippen LogP contribution in [0.3, 0.4) is 0 Å². The zero-order valence-corrected chi connectivity index (χ0v) is 11.4. The largest absolute Gasteiger partial charge is 0.238 e. The standard InChI is InChI=1S/C13H18N2Si/c1-11-10-13(16(2,3)4)14-15(11)12-8-6-5-7-9-12/h5-10H,1-4H3. The first-order valence-corrected chi connectivity index (χ1v) is 9.11. The molecular formula is C13H18N2Si. The van der Waals surface area contributed by atoms with Crippen LogP contribution in [0.2, 0.25) is 19.6 Å². The van der Waals surface area contributed by atoms with Crippen molar-refractivity contribution in [3.63, 3.8) is 0 Å². The molecule has 0 radical (unpaired) electrons. The van der Waals surface area contributed by atoms with Gasteiger partial charge in [0, 0.05) is 11.0 Å². The molecule has 1 aromatic heterocycles. The maximum absolute atomic E-state index is 4.73. The molecule has 0 saturated heterocycles. The average molecular weight is 230 g/mol. The Morgan fingerprint density at radius 1 is 1.06 bits per heavy atom. The lowest BCUT2D eigenvalue weighted by atomic mass is 10.3. The third-order valence-corrected chi connectivity index (χ3v) is 4.44. The number of benzene rings is 1. The Balaban J connectivity index is 2.48. The monoisotopic (exact) mass is 230 g/mol. The van der Waals surface area contributed by atoms with Crippen molar-refractivity contribution in [3.05, 3.63) is 42.1 Å². The number of aryl methyl sites for hydroxylation is 1. The van der Waals surface area contributed by atoms with E-state index in [0.717, 1.165) is 5.69 Å². The second-order valence-corrected chi connectivity index (χ2v) is 10.2. The molecule has 2 nitrogen and oxygen atoms in total. The fourth-order valence-corrected chi connectivity index (χ4v) is 2.71. The highest BCUT2D eigenvalue weighted by Crippen LogP contribution is 2.10. The van der Waals surface area contributed by atoms with Gasteiger partial charge >= 0.3 is 0 Å². The summed E-state index contributed by atoms with van der Waals surface area (Å²) in [5, 5.41) is 6.00. The van der Waals surface area contributed by atoms with Crippen LogP contribution in [0.15, 0.2) is 36.4 Å². The molecule has 0 unspecified atom stereocenters. The van der Waals surface area contributed by atoms with E-state index in [9.17, 15) is 0 Å². The number of para-hydroxylation sites is 1. The Bertz CT molecular complexity index is 480. The SMILES string of the molecule is Cc1cc([Si](C)(C)C)nn1-c1ccccc1. The normalized spacial score (nSPS) is 11.8. The summed E-state index contributed by atoms with van der Waals surface area (Å²) in [6, 6.07) is 12.5. The van der Waals surface area contributed by atoms with Gasteiger partial charge in [-0.25, -0.2) is 4.68 Å². The van der Waals surface area contributed by atoms with E-state index in [0.29, 0.717) is 0 Å². The second kappa shape index (κ2) is 3.90. The number of rotatable bonds is 2. The lowest BCUT2D eigenvalue weighted by molar-refractivity contribution is 0.854. The van der Waals surface area contributed by atoms with Crippen molar-refractivity contribution in [2.24, 2.45) is 0 Å². The van der Waals surface area contributed by atoms with Gasteiger partial charge in [0.15, 0.2) is 0 Å². The summed E-state index contributed by atoms with van der Waals surface area (Å²) >= 11 is 0. The maximum atomic E-state index is 4.73. The van der Waals surface area contributed by atoms with Crippen molar-refractivity contribution in [2.75, 3.05) is 0 Å². The summed E-state index contributed by atoms with van der Waals surface area (Å²) in [6.07, 6.45) is 0. The van der Waals surface area contributed by atoms with E-state index in [-0.39, 0.29) is 0 Å².